The van der Waals surface area contributed by atoms with Crippen molar-refractivity contribution < 1.29 is 14.6 Å². The molecule has 0 aliphatic heterocycles. The number of halogens is 1. The monoisotopic (exact) mass is 389 g/mol. The fourth-order valence-corrected chi connectivity index (χ4v) is 3.75. The summed E-state index contributed by atoms with van der Waals surface area (Å²) in [5.41, 5.74) is -0.258. The molecule has 2 N–H and O–H groups in total. The van der Waals surface area contributed by atoms with Crippen LogP contribution in [0.15, 0.2) is 53.9 Å². The van der Waals surface area contributed by atoms with Gasteiger partial charge in [0.05, 0.1) is 6.10 Å². The van der Waals surface area contributed by atoms with Crippen LogP contribution in [-0.2, 0) is 4.79 Å². The third kappa shape index (κ3) is 4.18. The number of rotatable bonds is 6. The summed E-state index contributed by atoms with van der Waals surface area (Å²) in [7, 11) is 0. The normalized spacial score (nSPS) is 12.8. The molecule has 0 saturated heterocycles. The van der Waals surface area contributed by atoms with Crippen LogP contribution in [0.25, 0.3) is 10.1 Å². The van der Waals surface area contributed by atoms with Crippen LogP contribution >= 0.6 is 22.9 Å². The standard InChI is InChI=1S/C20H20ClNO3S/c1-20(2,25-14-9-7-13(21)8-10-14)19(24)22-11-17(23)16-12-26-18-6-4-3-5-15(16)18/h3-10,12,17,23H,11H2,1-2H3,(H,22,24)/t17-/m0/s1. The Kier molecular flexibility index (Phi) is 5.51. The van der Waals surface area contributed by atoms with Gasteiger partial charge in [0.1, 0.15) is 5.75 Å². The molecule has 4 nitrogen and oxygen atoms in total. The second kappa shape index (κ2) is 7.66. The predicted molar refractivity (Wildman–Crippen MR) is 106 cm³/mol. The number of hydrogen-bond donors (Lipinski definition) is 2. The second-order valence-corrected chi connectivity index (χ2v) is 7.83. The third-order valence-electron chi connectivity index (χ3n) is 4.06. The highest BCUT2D eigenvalue weighted by Crippen LogP contribution is 2.30. The number of nitrogens with one attached hydrogen (secondary N) is 1. The zero-order valence-corrected chi connectivity index (χ0v) is 16.1. The molecule has 136 valence electrons. The van der Waals surface area contributed by atoms with Crippen LogP contribution in [0.1, 0.15) is 25.5 Å². The van der Waals surface area contributed by atoms with Crippen molar-refractivity contribution in [2.24, 2.45) is 0 Å². The van der Waals surface area contributed by atoms with E-state index in [-0.39, 0.29) is 12.5 Å². The van der Waals surface area contributed by atoms with Gasteiger partial charge in [0, 0.05) is 21.8 Å². The molecule has 0 unspecified atom stereocenters. The molecule has 1 aromatic heterocycles. The summed E-state index contributed by atoms with van der Waals surface area (Å²) in [6, 6.07) is 14.7. The summed E-state index contributed by atoms with van der Waals surface area (Å²) in [5.74, 6) is 0.255. The van der Waals surface area contributed by atoms with Gasteiger partial charge in [-0.2, -0.15) is 0 Å². The Morgan fingerprint density at radius 1 is 1.23 bits per heavy atom. The van der Waals surface area contributed by atoms with E-state index in [4.69, 9.17) is 16.3 Å². The van der Waals surface area contributed by atoms with E-state index in [1.54, 1.807) is 49.4 Å². The van der Waals surface area contributed by atoms with Gasteiger partial charge >= 0.3 is 0 Å². The van der Waals surface area contributed by atoms with Gasteiger partial charge in [0.25, 0.3) is 5.91 Å². The summed E-state index contributed by atoms with van der Waals surface area (Å²) in [6.07, 6.45) is -0.776. The van der Waals surface area contributed by atoms with Gasteiger partial charge in [-0.3, -0.25) is 4.79 Å². The number of amides is 1. The van der Waals surface area contributed by atoms with Crippen LogP contribution in [0.2, 0.25) is 5.02 Å². The molecule has 0 bridgehead atoms. The number of thiophene rings is 1. The average Bonchev–Trinajstić information content (AvgIpc) is 3.05. The Balaban J connectivity index is 1.62. The lowest BCUT2D eigenvalue weighted by Gasteiger charge is -2.26. The van der Waals surface area contributed by atoms with Gasteiger partial charge in [-0.05, 0) is 54.9 Å². The first-order chi connectivity index (χ1) is 12.4. The van der Waals surface area contributed by atoms with Crippen molar-refractivity contribution in [1.82, 2.24) is 5.32 Å². The van der Waals surface area contributed by atoms with E-state index in [1.165, 1.54) is 0 Å². The highest BCUT2D eigenvalue weighted by molar-refractivity contribution is 7.17. The molecule has 0 aliphatic carbocycles. The third-order valence-corrected chi connectivity index (χ3v) is 5.29. The molecular weight excluding hydrogens is 370 g/mol. The number of aliphatic hydroxyl groups excluding tert-OH is 1. The number of hydrogen-bond acceptors (Lipinski definition) is 4. The van der Waals surface area contributed by atoms with E-state index in [0.717, 1.165) is 15.6 Å². The minimum atomic E-state index is -1.08. The number of ether oxygens (including phenoxy) is 1. The van der Waals surface area contributed by atoms with Gasteiger partial charge in [-0.1, -0.05) is 29.8 Å². The minimum absolute atomic E-state index is 0.118. The molecular formula is C20H20ClNO3S. The van der Waals surface area contributed by atoms with E-state index >= 15 is 0 Å². The maximum atomic E-state index is 12.5. The molecule has 3 aromatic rings. The molecule has 6 heteroatoms. The molecule has 0 radical (unpaired) electrons. The van der Waals surface area contributed by atoms with Crippen LogP contribution in [-0.4, -0.2) is 23.2 Å². The first kappa shape index (κ1) is 18.7. The van der Waals surface area contributed by atoms with E-state index in [9.17, 15) is 9.90 Å². The van der Waals surface area contributed by atoms with Gasteiger partial charge in [0.2, 0.25) is 0 Å². The highest BCUT2D eigenvalue weighted by Gasteiger charge is 2.30. The van der Waals surface area contributed by atoms with Crippen molar-refractivity contribution >= 4 is 38.9 Å². The summed E-state index contributed by atoms with van der Waals surface area (Å²) in [6.45, 7) is 3.49. The molecule has 0 saturated carbocycles. The van der Waals surface area contributed by atoms with Gasteiger partial charge < -0.3 is 15.2 Å². The van der Waals surface area contributed by atoms with Crippen molar-refractivity contribution in [3.63, 3.8) is 0 Å². The molecule has 3 rings (SSSR count). The number of aliphatic hydroxyl groups is 1. The number of benzene rings is 2. The van der Waals surface area contributed by atoms with Crippen molar-refractivity contribution in [1.29, 1.82) is 0 Å². The summed E-state index contributed by atoms with van der Waals surface area (Å²) < 4.78 is 6.87. The number of carbonyl (C=O) groups is 1. The van der Waals surface area contributed by atoms with Crippen molar-refractivity contribution in [2.75, 3.05) is 6.54 Å². The van der Waals surface area contributed by atoms with E-state index in [0.29, 0.717) is 10.8 Å². The molecule has 1 amide bonds. The topological polar surface area (TPSA) is 58.6 Å². The quantitative estimate of drug-likeness (QED) is 0.649. The second-order valence-electron chi connectivity index (χ2n) is 6.48. The molecule has 0 aliphatic rings. The summed E-state index contributed by atoms with van der Waals surface area (Å²) >= 11 is 7.44. The fraction of sp³-hybridized carbons (Fsp3) is 0.250. The van der Waals surface area contributed by atoms with Crippen LogP contribution in [0.3, 0.4) is 0 Å². The Morgan fingerprint density at radius 3 is 2.65 bits per heavy atom. The van der Waals surface area contributed by atoms with Crippen LogP contribution in [0.4, 0.5) is 0 Å². The Morgan fingerprint density at radius 2 is 1.92 bits per heavy atom. The minimum Gasteiger partial charge on any atom is -0.478 e. The molecule has 0 fully saturated rings. The lowest BCUT2D eigenvalue weighted by Crippen LogP contribution is -2.47. The lowest BCUT2D eigenvalue weighted by molar-refractivity contribution is -0.134. The first-order valence-electron chi connectivity index (χ1n) is 8.24. The maximum Gasteiger partial charge on any atom is 0.263 e. The Hall–Kier alpha value is -2.08. The lowest BCUT2D eigenvalue weighted by atomic mass is 10.1. The maximum absolute atomic E-state index is 12.5. The fourth-order valence-electron chi connectivity index (χ4n) is 2.61. The molecule has 1 atom stereocenters. The highest BCUT2D eigenvalue weighted by atomic mass is 35.5. The van der Waals surface area contributed by atoms with Crippen molar-refractivity contribution in [3.8, 4) is 5.75 Å². The summed E-state index contributed by atoms with van der Waals surface area (Å²) in [5, 5.41) is 16.8. The van der Waals surface area contributed by atoms with E-state index in [2.05, 4.69) is 5.32 Å². The van der Waals surface area contributed by atoms with Crippen LogP contribution in [0, 0.1) is 0 Å². The Bertz CT molecular complexity index is 905. The smallest absolute Gasteiger partial charge is 0.263 e. The summed E-state index contributed by atoms with van der Waals surface area (Å²) in [4.78, 5) is 12.5. The predicted octanol–water partition coefficient (Wildman–Crippen LogP) is 4.56. The zero-order valence-electron chi connectivity index (χ0n) is 14.5. The zero-order chi connectivity index (χ0) is 18.7. The van der Waals surface area contributed by atoms with Crippen molar-refractivity contribution in [2.45, 2.75) is 25.6 Å². The van der Waals surface area contributed by atoms with E-state index in [1.807, 2.05) is 29.6 Å². The molecule has 0 spiro atoms. The van der Waals surface area contributed by atoms with Crippen molar-refractivity contribution in [3.05, 3.63) is 64.5 Å². The van der Waals surface area contributed by atoms with E-state index < -0.39 is 11.7 Å². The van der Waals surface area contributed by atoms with Gasteiger partial charge in [-0.25, -0.2) is 0 Å². The van der Waals surface area contributed by atoms with Gasteiger partial charge in [-0.15, -0.1) is 11.3 Å². The number of carbonyl (C=O) groups excluding carboxylic acids is 1. The SMILES string of the molecule is CC(C)(Oc1ccc(Cl)cc1)C(=O)NC[C@H](O)c1csc2ccccc12. The molecule has 1 heterocycles. The van der Waals surface area contributed by atoms with Crippen LogP contribution in [0.5, 0.6) is 5.75 Å². The molecule has 26 heavy (non-hydrogen) atoms. The molecule has 2 aromatic carbocycles. The Labute approximate surface area is 161 Å². The van der Waals surface area contributed by atoms with Gasteiger partial charge in [0.15, 0.2) is 5.60 Å². The largest absolute Gasteiger partial charge is 0.478 e. The first-order valence-corrected chi connectivity index (χ1v) is 9.49. The number of fused-ring (bicyclic) bond motifs is 1. The average molecular weight is 390 g/mol. The van der Waals surface area contributed by atoms with Crippen LogP contribution < -0.4 is 10.1 Å².